The van der Waals surface area contributed by atoms with Gasteiger partial charge in [0, 0.05) is 6.61 Å². The van der Waals surface area contributed by atoms with Crippen LogP contribution in [-0.2, 0) is 28.4 Å². The van der Waals surface area contributed by atoms with Crippen molar-refractivity contribution in [1.82, 2.24) is 0 Å². The molecule has 214 valence electrons. The van der Waals surface area contributed by atoms with Crippen LogP contribution >= 0.6 is 0 Å². The molecule has 0 fully saturated rings. The molecule has 0 spiro atoms. The number of benzene rings is 1. The maximum Gasteiger partial charge on any atom is 0.338 e. The first-order valence-corrected chi connectivity index (χ1v) is 14.5. The van der Waals surface area contributed by atoms with Gasteiger partial charge in [0.25, 0.3) is 0 Å². The lowest BCUT2D eigenvalue weighted by Gasteiger charge is -2.08. The predicted octanol–water partition coefficient (Wildman–Crippen LogP) is 6.24. The highest BCUT2D eigenvalue weighted by Crippen LogP contribution is 2.11. The van der Waals surface area contributed by atoms with Crippen LogP contribution in [0.25, 0.3) is 0 Å². The van der Waals surface area contributed by atoms with Gasteiger partial charge in [-0.3, -0.25) is 0 Å². The number of carbonyl (C=O) groups is 1. The molecule has 0 aromatic heterocycles. The average molecular weight is 525 g/mol. The van der Waals surface area contributed by atoms with Gasteiger partial charge in [0.1, 0.15) is 6.61 Å². The van der Waals surface area contributed by atoms with E-state index in [1.165, 1.54) is 64.2 Å². The van der Waals surface area contributed by atoms with Crippen LogP contribution in [0, 0.1) is 0 Å². The van der Waals surface area contributed by atoms with Gasteiger partial charge in [-0.2, -0.15) is 0 Å². The Kier molecular flexibility index (Phi) is 24.9. The van der Waals surface area contributed by atoms with Gasteiger partial charge in [-0.25, -0.2) is 4.79 Å². The summed E-state index contributed by atoms with van der Waals surface area (Å²) in [7, 11) is 0. The van der Waals surface area contributed by atoms with Gasteiger partial charge in [0.2, 0.25) is 0 Å². The minimum atomic E-state index is -0.339. The summed E-state index contributed by atoms with van der Waals surface area (Å²) in [4.78, 5) is 11.8. The highest BCUT2D eigenvalue weighted by Gasteiger charge is 2.05. The van der Waals surface area contributed by atoms with Crippen molar-refractivity contribution in [2.24, 2.45) is 0 Å². The molecule has 0 N–H and O–H groups in total. The van der Waals surface area contributed by atoms with Crippen molar-refractivity contribution in [3.05, 3.63) is 35.9 Å². The van der Waals surface area contributed by atoms with E-state index in [0.29, 0.717) is 65.0 Å². The van der Waals surface area contributed by atoms with Crippen molar-refractivity contribution in [2.75, 3.05) is 72.7 Å². The standard InChI is InChI=1S/C30H52O7/c1-2-3-4-5-6-7-8-9-10-11-15-18-32-19-20-33-21-22-34-23-24-35-25-26-36-27-28-37-30(31)29-16-13-12-14-17-29/h12-14,16-17H,2-11,15,18-28H2,1H3. The quantitative estimate of drug-likeness (QED) is 0.0949. The van der Waals surface area contributed by atoms with Gasteiger partial charge >= 0.3 is 5.97 Å². The highest BCUT2D eigenvalue weighted by atomic mass is 16.6. The predicted molar refractivity (Wildman–Crippen MR) is 147 cm³/mol. The molecule has 0 saturated heterocycles. The van der Waals surface area contributed by atoms with Gasteiger partial charge in [-0.15, -0.1) is 0 Å². The van der Waals surface area contributed by atoms with E-state index in [1.807, 2.05) is 6.07 Å². The smallest absolute Gasteiger partial charge is 0.338 e. The molecule has 7 nitrogen and oxygen atoms in total. The summed E-state index contributed by atoms with van der Waals surface area (Å²) in [6, 6.07) is 8.91. The minimum Gasteiger partial charge on any atom is -0.460 e. The molecule has 0 unspecified atom stereocenters. The van der Waals surface area contributed by atoms with E-state index in [1.54, 1.807) is 24.3 Å². The lowest BCUT2D eigenvalue weighted by molar-refractivity contribution is -0.0153. The lowest BCUT2D eigenvalue weighted by Crippen LogP contribution is -2.15. The second-order valence-electron chi connectivity index (χ2n) is 9.10. The highest BCUT2D eigenvalue weighted by molar-refractivity contribution is 5.89. The summed E-state index contributed by atoms with van der Waals surface area (Å²) in [6.07, 6.45) is 14.9. The van der Waals surface area contributed by atoms with E-state index < -0.39 is 0 Å². The van der Waals surface area contributed by atoms with E-state index in [2.05, 4.69) is 6.92 Å². The van der Waals surface area contributed by atoms with Crippen molar-refractivity contribution in [2.45, 2.75) is 77.6 Å². The van der Waals surface area contributed by atoms with Gasteiger partial charge in [-0.05, 0) is 18.6 Å². The van der Waals surface area contributed by atoms with Gasteiger partial charge < -0.3 is 28.4 Å². The molecule has 0 aliphatic heterocycles. The zero-order valence-corrected chi connectivity index (χ0v) is 23.3. The summed E-state index contributed by atoms with van der Waals surface area (Å²) < 4.78 is 32.6. The largest absolute Gasteiger partial charge is 0.460 e. The normalized spacial score (nSPS) is 11.2. The van der Waals surface area contributed by atoms with E-state index >= 15 is 0 Å². The molecule has 7 heteroatoms. The van der Waals surface area contributed by atoms with Crippen LogP contribution in [0.1, 0.15) is 87.9 Å². The van der Waals surface area contributed by atoms with Crippen molar-refractivity contribution >= 4 is 5.97 Å². The Labute approximate surface area is 225 Å². The summed E-state index contributed by atoms with van der Waals surface area (Å²) in [5.41, 5.74) is 0.541. The second-order valence-corrected chi connectivity index (χ2v) is 9.10. The molecule has 0 aliphatic carbocycles. The number of hydrogen-bond donors (Lipinski definition) is 0. The van der Waals surface area contributed by atoms with Crippen LogP contribution in [0.5, 0.6) is 0 Å². The Morgan fingerprint density at radius 3 is 1.32 bits per heavy atom. The molecule has 0 heterocycles. The van der Waals surface area contributed by atoms with Crippen LogP contribution in [0.2, 0.25) is 0 Å². The first kappa shape index (κ1) is 33.5. The SMILES string of the molecule is CCCCCCCCCCCCCOCCOCCOCCOCCOCCOC(=O)c1ccccc1. The zero-order chi connectivity index (χ0) is 26.5. The minimum absolute atomic E-state index is 0.223. The monoisotopic (exact) mass is 524 g/mol. The third kappa shape index (κ3) is 23.3. The van der Waals surface area contributed by atoms with Crippen LogP contribution in [0.3, 0.4) is 0 Å². The summed E-state index contributed by atoms with van der Waals surface area (Å²) in [5, 5.41) is 0. The summed E-state index contributed by atoms with van der Waals surface area (Å²) in [6.45, 7) is 7.98. The second kappa shape index (κ2) is 27.5. The third-order valence-corrected chi connectivity index (χ3v) is 5.85. The lowest BCUT2D eigenvalue weighted by atomic mass is 10.1. The van der Waals surface area contributed by atoms with Crippen molar-refractivity contribution in [3.8, 4) is 0 Å². The van der Waals surface area contributed by atoms with E-state index in [9.17, 15) is 4.79 Å². The molecular weight excluding hydrogens is 472 g/mol. The molecule has 0 atom stereocenters. The van der Waals surface area contributed by atoms with Crippen molar-refractivity contribution in [3.63, 3.8) is 0 Å². The fourth-order valence-electron chi connectivity index (χ4n) is 3.70. The fraction of sp³-hybridized carbons (Fsp3) is 0.767. The Bertz CT molecular complexity index is 597. The summed E-state index contributed by atoms with van der Waals surface area (Å²) >= 11 is 0. The number of ether oxygens (including phenoxy) is 6. The third-order valence-electron chi connectivity index (χ3n) is 5.85. The number of esters is 1. The molecule has 0 amide bonds. The van der Waals surface area contributed by atoms with E-state index in [0.717, 1.165) is 13.0 Å². The molecular formula is C30H52O7. The Hall–Kier alpha value is -1.51. The molecule has 1 aromatic carbocycles. The first-order valence-electron chi connectivity index (χ1n) is 14.5. The molecule has 0 aliphatic rings. The molecule has 0 bridgehead atoms. The van der Waals surface area contributed by atoms with E-state index in [-0.39, 0.29) is 12.6 Å². The molecule has 1 aromatic rings. The molecule has 0 radical (unpaired) electrons. The topological polar surface area (TPSA) is 72.5 Å². The molecule has 0 saturated carbocycles. The van der Waals surface area contributed by atoms with Crippen molar-refractivity contribution in [1.29, 1.82) is 0 Å². The number of carbonyl (C=O) groups excluding carboxylic acids is 1. The molecule has 1 rings (SSSR count). The fourth-order valence-corrected chi connectivity index (χ4v) is 3.70. The van der Waals surface area contributed by atoms with Gasteiger partial charge in [0.15, 0.2) is 0 Å². The van der Waals surface area contributed by atoms with Crippen LogP contribution in [-0.4, -0.2) is 78.6 Å². The Morgan fingerprint density at radius 1 is 0.486 bits per heavy atom. The van der Waals surface area contributed by atoms with Gasteiger partial charge in [0.05, 0.1) is 65.0 Å². The summed E-state index contributed by atoms with van der Waals surface area (Å²) in [5.74, 6) is -0.339. The maximum atomic E-state index is 11.8. The zero-order valence-electron chi connectivity index (χ0n) is 23.3. The Balaban J connectivity index is 1.66. The van der Waals surface area contributed by atoms with Crippen LogP contribution in [0.4, 0.5) is 0 Å². The maximum absolute atomic E-state index is 11.8. The van der Waals surface area contributed by atoms with Gasteiger partial charge in [-0.1, -0.05) is 89.3 Å². The molecule has 37 heavy (non-hydrogen) atoms. The first-order chi connectivity index (χ1) is 18.3. The number of hydrogen-bond acceptors (Lipinski definition) is 7. The average Bonchev–Trinajstić information content (AvgIpc) is 2.93. The van der Waals surface area contributed by atoms with Crippen LogP contribution in [0.15, 0.2) is 30.3 Å². The Morgan fingerprint density at radius 2 is 0.865 bits per heavy atom. The number of rotatable bonds is 28. The van der Waals surface area contributed by atoms with Crippen LogP contribution < -0.4 is 0 Å². The van der Waals surface area contributed by atoms with Crippen molar-refractivity contribution < 1.29 is 33.2 Å². The van der Waals surface area contributed by atoms with E-state index in [4.69, 9.17) is 28.4 Å². The number of unbranched alkanes of at least 4 members (excludes halogenated alkanes) is 10.